The lowest BCUT2D eigenvalue weighted by molar-refractivity contribution is -0.178. The van der Waals surface area contributed by atoms with Crippen LogP contribution in [0.2, 0.25) is 0 Å². The molecule has 1 unspecified atom stereocenters. The summed E-state index contributed by atoms with van der Waals surface area (Å²) in [6.45, 7) is 0. The zero-order valence-corrected chi connectivity index (χ0v) is 19.3. The van der Waals surface area contributed by atoms with E-state index in [-0.39, 0.29) is 5.97 Å². The van der Waals surface area contributed by atoms with Gasteiger partial charge in [0.1, 0.15) is 0 Å². The van der Waals surface area contributed by atoms with E-state index in [4.69, 9.17) is 9.73 Å². The van der Waals surface area contributed by atoms with Gasteiger partial charge in [-0.2, -0.15) is 0 Å². The number of hydrogen-bond acceptors (Lipinski definition) is 4. The smallest absolute Gasteiger partial charge is 0.314 e. The second-order valence-corrected chi connectivity index (χ2v) is 10.9. The molecule has 1 N–H and O–H groups in total. The van der Waals surface area contributed by atoms with Gasteiger partial charge in [-0.05, 0) is 74.5 Å². The molecule has 0 saturated heterocycles. The summed E-state index contributed by atoms with van der Waals surface area (Å²) in [6.07, 6.45) is 5.24. The molecule has 7 rings (SSSR count). The van der Waals surface area contributed by atoms with Crippen molar-refractivity contribution in [1.29, 1.82) is 0 Å². The van der Waals surface area contributed by atoms with E-state index in [0.717, 1.165) is 34.9 Å². The lowest BCUT2D eigenvalue weighted by Crippen LogP contribution is -2.51. The monoisotopic (exact) mass is 492 g/mol. The first-order valence-corrected chi connectivity index (χ1v) is 12.2. The molecule has 0 spiro atoms. The second-order valence-electron chi connectivity index (χ2n) is 9.98. The van der Waals surface area contributed by atoms with Crippen molar-refractivity contribution in [1.82, 2.24) is 0 Å². The van der Waals surface area contributed by atoms with Gasteiger partial charge < -0.3 is 10.1 Å². The number of amides is 1. The lowest BCUT2D eigenvalue weighted by Gasteiger charge is -2.55. The molecule has 1 aliphatic heterocycles. The van der Waals surface area contributed by atoms with Crippen LogP contribution in [0.25, 0.3) is 0 Å². The number of anilines is 1. The quantitative estimate of drug-likeness (QED) is 0.589. The van der Waals surface area contributed by atoms with Crippen molar-refractivity contribution in [3.63, 3.8) is 0 Å². The number of esters is 1. The third kappa shape index (κ3) is 3.40. The molecule has 1 heterocycles. The van der Waals surface area contributed by atoms with Crippen molar-refractivity contribution in [2.75, 3.05) is 5.32 Å². The number of halogens is 1. The van der Waals surface area contributed by atoms with Crippen LogP contribution in [0.4, 0.5) is 5.69 Å². The number of rotatable bonds is 3. The first-order valence-electron chi connectivity index (χ1n) is 11.4. The van der Waals surface area contributed by atoms with E-state index in [1.165, 1.54) is 19.3 Å². The number of benzodiazepines with no additional fused rings is 1. The normalized spacial score (nSPS) is 32.5. The van der Waals surface area contributed by atoms with E-state index in [1.54, 1.807) is 0 Å². The van der Waals surface area contributed by atoms with E-state index < -0.39 is 17.6 Å². The zero-order valence-electron chi connectivity index (χ0n) is 17.7. The van der Waals surface area contributed by atoms with Gasteiger partial charge in [0.15, 0.2) is 0 Å². The molecule has 4 saturated carbocycles. The zero-order chi connectivity index (χ0) is 21.9. The minimum absolute atomic E-state index is 0.236. The number of ether oxygens (including phenoxy) is 1. The molecule has 2 aromatic carbocycles. The number of benzene rings is 2. The van der Waals surface area contributed by atoms with Crippen molar-refractivity contribution >= 4 is 39.2 Å². The molecular weight excluding hydrogens is 468 g/mol. The number of hydrogen-bond donors (Lipinski definition) is 1. The minimum atomic E-state index is -1.20. The predicted octanol–water partition coefficient (Wildman–Crippen LogP) is 5.32. The number of carbonyl (C=O) groups excluding carboxylic acids is 2. The maximum absolute atomic E-state index is 13.5. The fourth-order valence-corrected chi connectivity index (χ4v) is 7.12. The maximum atomic E-state index is 13.5. The van der Waals surface area contributed by atoms with Crippen LogP contribution >= 0.6 is 15.9 Å². The third-order valence-electron chi connectivity index (χ3n) is 7.70. The van der Waals surface area contributed by atoms with Gasteiger partial charge in [-0.3, -0.25) is 9.59 Å². The molecule has 6 heteroatoms. The number of nitrogens with one attached hydrogen (secondary N) is 1. The summed E-state index contributed by atoms with van der Waals surface area (Å²) >= 11 is 3.52. The molecule has 4 fully saturated rings. The van der Waals surface area contributed by atoms with Crippen molar-refractivity contribution < 1.29 is 14.3 Å². The Hall–Kier alpha value is -2.47. The molecular formula is C26H25BrN2O3. The topological polar surface area (TPSA) is 67.8 Å². The van der Waals surface area contributed by atoms with E-state index >= 15 is 0 Å². The fourth-order valence-electron chi connectivity index (χ4n) is 6.75. The summed E-state index contributed by atoms with van der Waals surface area (Å²) in [5.41, 5.74) is 2.55. The molecule has 5 aliphatic rings. The van der Waals surface area contributed by atoms with Gasteiger partial charge in [0.05, 0.1) is 16.8 Å². The maximum Gasteiger partial charge on any atom is 0.314 e. The summed E-state index contributed by atoms with van der Waals surface area (Å²) in [4.78, 5) is 31.3. The highest BCUT2D eigenvalue weighted by Crippen LogP contribution is 2.60. The van der Waals surface area contributed by atoms with Gasteiger partial charge in [0.2, 0.25) is 0 Å². The van der Waals surface area contributed by atoms with Crippen LogP contribution in [-0.2, 0) is 14.3 Å². The molecule has 2 aromatic rings. The summed E-state index contributed by atoms with van der Waals surface area (Å²) in [5.74, 6) is 1.24. The third-order valence-corrected chi connectivity index (χ3v) is 8.20. The molecule has 1 atom stereocenters. The van der Waals surface area contributed by atoms with Crippen molar-refractivity contribution in [2.24, 2.45) is 28.2 Å². The van der Waals surface area contributed by atoms with Gasteiger partial charge >= 0.3 is 5.97 Å². The predicted molar refractivity (Wildman–Crippen MR) is 125 cm³/mol. The average Bonchev–Trinajstić information content (AvgIpc) is 2.90. The Morgan fingerprint density at radius 2 is 1.66 bits per heavy atom. The van der Waals surface area contributed by atoms with Crippen LogP contribution < -0.4 is 5.32 Å². The Kier molecular flexibility index (Phi) is 4.75. The van der Waals surface area contributed by atoms with Crippen molar-refractivity contribution in [2.45, 2.75) is 44.8 Å². The highest BCUT2D eigenvalue weighted by atomic mass is 79.9. The average molecular weight is 493 g/mol. The van der Waals surface area contributed by atoms with Crippen molar-refractivity contribution in [3.05, 3.63) is 64.1 Å². The van der Waals surface area contributed by atoms with Gasteiger partial charge in [0, 0.05) is 15.6 Å². The van der Waals surface area contributed by atoms with Crippen molar-refractivity contribution in [3.8, 4) is 0 Å². The highest BCUT2D eigenvalue weighted by Gasteiger charge is 2.56. The summed E-state index contributed by atoms with van der Waals surface area (Å²) in [7, 11) is 0. The van der Waals surface area contributed by atoms with E-state index in [0.29, 0.717) is 29.2 Å². The van der Waals surface area contributed by atoms with Crippen LogP contribution in [0.3, 0.4) is 0 Å². The molecule has 5 nitrogen and oxygen atoms in total. The van der Waals surface area contributed by atoms with Gasteiger partial charge in [-0.25, -0.2) is 4.99 Å². The molecule has 0 radical (unpaired) electrons. The van der Waals surface area contributed by atoms with Crippen LogP contribution in [0.5, 0.6) is 0 Å². The number of fused-ring (bicyclic) bond motifs is 1. The van der Waals surface area contributed by atoms with E-state index in [2.05, 4.69) is 21.2 Å². The fraction of sp³-hybridized carbons (Fsp3) is 0.423. The largest absolute Gasteiger partial charge is 0.429 e. The first-order chi connectivity index (χ1) is 15.5. The summed E-state index contributed by atoms with van der Waals surface area (Å²) in [6, 6.07) is 15.4. The summed E-state index contributed by atoms with van der Waals surface area (Å²) < 4.78 is 6.82. The SMILES string of the molecule is O=C1Nc2ccc(Br)cc2C(c2ccccc2)=NC1OC(=O)C12CC3CC(CC(C3)C1)C2. The van der Waals surface area contributed by atoms with E-state index in [9.17, 15) is 9.59 Å². The van der Waals surface area contributed by atoms with Gasteiger partial charge in [-0.1, -0.05) is 46.3 Å². The minimum Gasteiger partial charge on any atom is -0.429 e. The van der Waals surface area contributed by atoms with E-state index in [1.807, 2.05) is 48.5 Å². The molecule has 4 bridgehead atoms. The van der Waals surface area contributed by atoms with Gasteiger partial charge in [-0.15, -0.1) is 0 Å². The Morgan fingerprint density at radius 1 is 1.00 bits per heavy atom. The molecule has 4 aliphatic carbocycles. The second kappa shape index (κ2) is 7.55. The molecule has 1 amide bonds. The standard InChI is InChI=1S/C26H25BrN2O3/c27-19-6-7-21-20(11-19)22(18-4-2-1-3-5-18)29-24(23(30)28-21)32-25(31)26-12-15-8-16(13-26)10-17(9-15)14-26/h1-7,11,15-17,24H,8-10,12-14H2,(H,28,30). The van der Waals surface area contributed by atoms with Crippen LogP contribution in [-0.4, -0.2) is 23.8 Å². The Labute approximate surface area is 195 Å². The Balaban J connectivity index is 1.36. The highest BCUT2D eigenvalue weighted by molar-refractivity contribution is 9.10. The Bertz CT molecular complexity index is 1090. The number of aliphatic imine (C=N–C) groups is 1. The molecule has 32 heavy (non-hydrogen) atoms. The number of nitrogens with zero attached hydrogens (tertiary/aromatic N) is 1. The van der Waals surface area contributed by atoms with Crippen LogP contribution in [0.15, 0.2) is 58.0 Å². The van der Waals surface area contributed by atoms with Crippen LogP contribution in [0.1, 0.15) is 49.7 Å². The Morgan fingerprint density at radius 3 is 2.31 bits per heavy atom. The molecule has 0 aromatic heterocycles. The lowest BCUT2D eigenvalue weighted by atomic mass is 9.49. The number of carbonyl (C=O) groups is 2. The van der Waals surface area contributed by atoms with Gasteiger partial charge in [0.25, 0.3) is 12.1 Å². The van der Waals surface area contributed by atoms with Crippen LogP contribution in [0, 0.1) is 23.2 Å². The molecule has 164 valence electrons. The first kappa shape index (κ1) is 20.2. The summed E-state index contributed by atoms with van der Waals surface area (Å²) in [5, 5.41) is 2.93.